The Morgan fingerprint density at radius 1 is 1.12 bits per heavy atom. The molecule has 0 unspecified atom stereocenters. The Morgan fingerprint density at radius 2 is 2.04 bits per heavy atom. The minimum atomic E-state index is 0.568. The van der Waals surface area contributed by atoms with Gasteiger partial charge in [-0.05, 0) is 23.6 Å². The molecule has 1 N–H and O–H groups in total. The quantitative estimate of drug-likeness (QED) is 0.606. The van der Waals surface area contributed by atoms with Crippen LogP contribution in [0, 0.1) is 0 Å². The first-order valence-corrected chi connectivity index (χ1v) is 8.79. The van der Waals surface area contributed by atoms with Crippen LogP contribution in [0.4, 0.5) is 11.5 Å². The summed E-state index contributed by atoms with van der Waals surface area (Å²) in [5, 5.41) is 5.52. The predicted octanol–water partition coefficient (Wildman–Crippen LogP) is 3.97. The van der Waals surface area contributed by atoms with Gasteiger partial charge in [-0.2, -0.15) is 0 Å². The number of anilines is 2. The summed E-state index contributed by atoms with van der Waals surface area (Å²) < 4.78 is 13.3. The summed E-state index contributed by atoms with van der Waals surface area (Å²) in [5.41, 5.74) is 2.62. The standard InChI is InChI=1S/C18H14N4O2S/c1-2-15(25-9-1)17-18(22-6-5-19-11-16(22)21-17)20-12-3-4-13-14(10-12)24-8-7-23-13/h1-6,9-11,20H,7-8H2. The Bertz CT molecular complexity index is 1040. The van der Waals surface area contributed by atoms with E-state index in [1.165, 1.54) is 0 Å². The van der Waals surface area contributed by atoms with Gasteiger partial charge >= 0.3 is 0 Å². The van der Waals surface area contributed by atoms with Crippen LogP contribution >= 0.6 is 11.3 Å². The molecule has 0 fully saturated rings. The number of nitrogens with one attached hydrogen (secondary N) is 1. The highest BCUT2D eigenvalue weighted by atomic mass is 32.1. The van der Waals surface area contributed by atoms with Crippen LogP contribution in [-0.2, 0) is 0 Å². The molecule has 6 nitrogen and oxygen atoms in total. The van der Waals surface area contributed by atoms with Crippen LogP contribution in [0.25, 0.3) is 16.2 Å². The average Bonchev–Trinajstić information content (AvgIpc) is 3.30. The van der Waals surface area contributed by atoms with Crippen LogP contribution in [0.1, 0.15) is 0 Å². The van der Waals surface area contributed by atoms with E-state index in [2.05, 4.69) is 16.4 Å². The van der Waals surface area contributed by atoms with Crippen molar-refractivity contribution in [2.45, 2.75) is 0 Å². The molecule has 0 radical (unpaired) electrons. The zero-order valence-electron chi connectivity index (χ0n) is 13.2. The molecule has 1 aromatic carbocycles. The number of fused-ring (bicyclic) bond motifs is 2. The van der Waals surface area contributed by atoms with E-state index in [1.54, 1.807) is 23.7 Å². The van der Waals surface area contributed by atoms with E-state index in [-0.39, 0.29) is 0 Å². The Hall–Kier alpha value is -3.06. The zero-order chi connectivity index (χ0) is 16.6. The molecule has 0 saturated heterocycles. The number of ether oxygens (including phenoxy) is 2. The molecule has 0 amide bonds. The van der Waals surface area contributed by atoms with Crippen LogP contribution in [0.15, 0.2) is 54.3 Å². The van der Waals surface area contributed by atoms with Gasteiger partial charge in [-0.1, -0.05) is 6.07 Å². The van der Waals surface area contributed by atoms with Gasteiger partial charge in [0.2, 0.25) is 0 Å². The highest BCUT2D eigenvalue weighted by Crippen LogP contribution is 2.37. The molecule has 4 aromatic rings. The maximum atomic E-state index is 5.68. The second-order valence-corrected chi connectivity index (χ2v) is 6.52. The minimum Gasteiger partial charge on any atom is -0.486 e. The number of hydrogen-bond acceptors (Lipinski definition) is 6. The lowest BCUT2D eigenvalue weighted by atomic mass is 10.2. The SMILES string of the molecule is c1csc(-c2nc3cnccn3c2Nc2ccc3c(c2)OCCO3)c1. The predicted molar refractivity (Wildman–Crippen MR) is 97.0 cm³/mol. The Balaban J connectivity index is 1.61. The molecule has 0 bridgehead atoms. The lowest BCUT2D eigenvalue weighted by molar-refractivity contribution is 0.171. The summed E-state index contributed by atoms with van der Waals surface area (Å²) in [4.78, 5) is 10.0. The van der Waals surface area contributed by atoms with Crippen molar-refractivity contribution >= 4 is 28.5 Å². The molecule has 1 aliphatic heterocycles. The lowest BCUT2D eigenvalue weighted by Gasteiger charge is -2.19. The van der Waals surface area contributed by atoms with Gasteiger partial charge in [0.1, 0.15) is 24.7 Å². The maximum absolute atomic E-state index is 5.68. The average molecular weight is 350 g/mol. The highest BCUT2D eigenvalue weighted by Gasteiger charge is 2.17. The first-order valence-electron chi connectivity index (χ1n) is 7.91. The normalized spacial score (nSPS) is 13.1. The van der Waals surface area contributed by atoms with E-state index in [9.17, 15) is 0 Å². The Kier molecular flexibility index (Phi) is 3.31. The molecule has 1 aliphatic rings. The first kappa shape index (κ1) is 14.3. The lowest BCUT2D eigenvalue weighted by Crippen LogP contribution is -2.15. The van der Waals surface area contributed by atoms with Crippen molar-refractivity contribution in [2.75, 3.05) is 18.5 Å². The van der Waals surface area contributed by atoms with E-state index >= 15 is 0 Å². The third kappa shape index (κ3) is 2.49. The fourth-order valence-electron chi connectivity index (χ4n) is 2.87. The monoisotopic (exact) mass is 350 g/mol. The van der Waals surface area contributed by atoms with E-state index in [0.29, 0.717) is 13.2 Å². The summed E-state index contributed by atoms with van der Waals surface area (Å²) in [6, 6.07) is 9.94. The molecule has 4 heterocycles. The molecular weight excluding hydrogens is 336 g/mol. The van der Waals surface area contributed by atoms with E-state index in [4.69, 9.17) is 14.5 Å². The van der Waals surface area contributed by atoms with Gasteiger partial charge in [0.05, 0.1) is 11.1 Å². The van der Waals surface area contributed by atoms with Crippen molar-refractivity contribution in [1.82, 2.24) is 14.4 Å². The molecule has 7 heteroatoms. The third-order valence-corrected chi connectivity index (χ3v) is 4.87. The summed E-state index contributed by atoms with van der Waals surface area (Å²) >= 11 is 1.66. The maximum Gasteiger partial charge on any atom is 0.163 e. The summed E-state index contributed by atoms with van der Waals surface area (Å²) in [6.07, 6.45) is 5.41. The van der Waals surface area contributed by atoms with Gasteiger partial charge in [-0.15, -0.1) is 11.3 Å². The van der Waals surface area contributed by atoms with Crippen molar-refractivity contribution < 1.29 is 9.47 Å². The Labute approximate surface area is 147 Å². The van der Waals surface area contributed by atoms with Gasteiger partial charge < -0.3 is 14.8 Å². The number of aromatic nitrogens is 3. The third-order valence-electron chi connectivity index (χ3n) is 3.99. The van der Waals surface area contributed by atoms with Crippen molar-refractivity contribution in [2.24, 2.45) is 0 Å². The Morgan fingerprint density at radius 3 is 2.92 bits per heavy atom. The van der Waals surface area contributed by atoms with E-state index in [0.717, 1.165) is 39.2 Å². The fourth-order valence-corrected chi connectivity index (χ4v) is 3.58. The van der Waals surface area contributed by atoms with Gasteiger partial charge in [0, 0.05) is 24.1 Å². The summed E-state index contributed by atoms with van der Waals surface area (Å²) in [5.74, 6) is 2.43. The van der Waals surface area contributed by atoms with Gasteiger partial charge in [-0.3, -0.25) is 9.38 Å². The molecule has 0 spiro atoms. The smallest absolute Gasteiger partial charge is 0.163 e. The van der Waals surface area contributed by atoms with Gasteiger partial charge in [0.15, 0.2) is 17.1 Å². The van der Waals surface area contributed by atoms with Crippen LogP contribution in [0.2, 0.25) is 0 Å². The number of imidazole rings is 1. The molecule has 124 valence electrons. The molecule has 0 aliphatic carbocycles. The number of thiophene rings is 1. The fraction of sp³-hybridized carbons (Fsp3) is 0.111. The number of nitrogens with zero attached hydrogens (tertiary/aromatic N) is 3. The van der Waals surface area contributed by atoms with E-state index in [1.807, 2.05) is 40.2 Å². The number of hydrogen-bond donors (Lipinski definition) is 1. The van der Waals surface area contributed by atoms with Crippen LogP contribution in [0.5, 0.6) is 11.5 Å². The molecule has 0 saturated carbocycles. The van der Waals surface area contributed by atoms with Gasteiger partial charge in [-0.25, -0.2) is 4.98 Å². The summed E-state index contributed by atoms with van der Waals surface area (Å²) in [7, 11) is 0. The molecule has 25 heavy (non-hydrogen) atoms. The molecule has 3 aromatic heterocycles. The number of rotatable bonds is 3. The highest BCUT2D eigenvalue weighted by molar-refractivity contribution is 7.13. The number of benzene rings is 1. The second-order valence-electron chi connectivity index (χ2n) is 5.57. The first-order chi connectivity index (χ1) is 12.4. The van der Waals surface area contributed by atoms with Crippen molar-refractivity contribution in [3.63, 3.8) is 0 Å². The van der Waals surface area contributed by atoms with Crippen molar-refractivity contribution in [3.05, 3.63) is 54.3 Å². The molecule has 5 rings (SSSR count). The molecular formula is C18H14N4O2S. The zero-order valence-corrected chi connectivity index (χ0v) is 14.0. The molecule has 0 atom stereocenters. The van der Waals surface area contributed by atoms with Crippen molar-refractivity contribution in [1.29, 1.82) is 0 Å². The van der Waals surface area contributed by atoms with E-state index < -0.39 is 0 Å². The van der Waals surface area contributed by atoms with Crippen LogP contribution in [0.3, 0.4) is 0 Å². The topological polar surface area (TPSA) is 60.7 Å². The largest absolute Gasteiger partial charge is 0.486 e. The van der Waals surface area contributed by atoms with Crippen LogP contribution in [-0.4, -0.2) is 27.6 Å². The minimum absolute atomic E-state index is 0.568. The van der Waals surface area contributed by atoms with Gasteiger partial charge in [0.25, 0.3) is 0 Å². The van der Waals surface area contributed by atoms with Crippen molar-refractivity contribution in [3.8, 4) is 22.1 Å². The second kappa shape index (κ2) is 5.78. The summed E-state index contributed by atoms with van der Waals surface area (Å²) in [6.45, 7) is 1.15. The van der Waals surface area contributed by atoms with Crippen LogP contribution < -0.4 is 14.8 Å².